The number of aryl methyl sites for hydroxylation is 2. The largest absolute Gasteiger partial charge is 0.298 e. The van der Waals surface area contributed by atoms with Crippen LogP contribution in [0.5, 0.6) is 0 Å². The molecule has 0 spiro atoms. The van der Waals surface area contributed by atoms with Crippen molar-refractivity contribution < 1.29 is 0 Å². The minimum atomic E-state index is 0.116. The molecule has 0 amide bonds. The molecule has 132 valence electrons. The van der Waals surface area contributed by atoms with Crippen molar-refractivity contribution in [2.45, 2.75) is 59.7 Å². The van der Waals surface area contributed by atoms with Gasteiger partial charge in [0, 0.05) is 23.0 Å². The summed E-state index contributed by atoms with van der Waals surface area (Å²) in [4.78, 5) is 22.5. The molecule has 1 saturated carbocycles. The number of anilines is 2. The highest BCUT2D eigenvalue weighted by molar-refractivity contribution is 5.64. The molecule has 0 atom stereocenters. The Morgan fingerprint density at radius 3 is 2.60 bits per heavy atom. The van der Waals surface area contributed by atoms with Gasteiger partial charge in [0.25, 0.3) is 5.56 Å². The second kappa shape index (κ2) is 5.99. The second-order valence-corrected chi connectivity index (χ2v) is 7.31. The predicted octanol–water partition coefficient (Wildman–Crippen LogP) is 3.26. The van der Waals surface area contributed by atoms with E-state index in [0.29, 0.717) is 12.7 Å². The number of hydrogen-bond acceptors (Lipinski definition) is 4. The van der Waals surface area contributed by atoms with Crippen LogP contribution in [-0.4, -0.2) is 27.2 Å². The van der Waals surface area contributed by atoms with Crippen molar-refractivity contribution in [2.24, 2.45) is 0 Å². The number of benzene rings is 1. The van der Waals surface area contributed by atoms with Gasteiger partial charge in [0.15, 0.2) is 0 Å². The maximum absolute atomic E-state index is 13.1. The molecule has 0 unspecified atom stereocenters. The average Bonchev–Trinajstić information content (AvgIpc) is 3.42. The van der Waals surface area contributed by atoms with Crippen molar-refractivity contribution in [3.05, 3.63) is 50.9 Å². The van der Waals surface area contributed by atoms with Crippen molar-refractivity contribution in [1.29, 1.82) is 0 Å². The molecule has 0 bridgehead atoms. The topological polar surface area (TPSA) is 41.4 Å². The van der Waals surface area contributed by atoms with Gasteiger partial charge in [-0.25, -0.2) is 4.98 Å². The van der Waals surface area contributed by atoms with Gasteiger partial charge >= 0.3 is 0 Å². The van der Waals surface area contributed by atoms with Gasteiger partial charge < -0.3 is 0 Å². The molecule has 5 nitrogen and oxygen atoms in total. The Hall–Kier alpha value is -2.14. The zero-order chi connectivity index (χ0) is 17.7. The standard InChI is InChI=1S/C20H26N4O/c1-5-17-15(4)21-20-23(18-8-6-7-13(2)14(18)3)11-22(16-9-10-16)12-24(20)19(17)25/h6-8,16H,5,9-12H2,1-4H3. The summed E-state index contributed by atoms with van der Waals surface area (Å²) in [5.41, 5.74) is 5.46. The summed E-state index contributed by atoms with van der Waals surface area (Å²) >= 11 is 0. The van der Waals surface area contributed by atoms with Crippen LogP contribution >= 0.6 is 0 Å². The van der Waals surface area contributed by atoms with E-state index in [1.807, 2.05) is 18.4 Å². The summed E-state index contributed by atoms with van der Waals surface area (Å²) in [5.74, 6) is 0.783. The van der Waals surface area contributed by atoms with Crippen LogP contribution < -0.4 is 10.5 Å². The number of aromatic nitrogens is 2. The molecule has 1 fully saturated rings. The Labute approximate surface area is 148 Å². The van der Waals surface area contributed by atoms with E-state index in [1.54, 1.807) is 0 Å². The SMILES string of the molecule is CCc1c(C)nc2n(c1=O)CN(C1CC1)CN2c1cccc(C)c1C. The maximum Gasteiger partial charge on any atom is 0.259 e. The van der Waals surface area contributed by atoms with E-state index in [4.69, 9.17) is 4.98 Å². The number of fused-ring (bicyclic) bond motifs is 1. The van der Waals surface area contributed by atoms with Crippen LogP contribution in [0.4, 0.5) is 11.6 Å². The average molecular weight is 338 g/mol. The van der Waals surface area contributed by atoms with Gasteiger partial charge in [-0.3, -0.25) is 19.2 Å². The second-order valence-electron chi connectivity index (χ2n) is 7.31. The van der Waals surface area contributed by atoms with Crippen molar-refractivity contribution in [2.75, 3.05) is 11.6 Å². The molecule has 1 aromatic heterocycles. The third kappa shape index (κ3) is 2.67. The summed E-state index contributed by atoms with van der Waals surface area (Å²) in [5, 5.41) is 0. The van der Waals surface area contributed by atoms with Crippen LogP contribution in [0.3, 0.4) is 0 Å². The van der Waals surface area contributed by atoms with Crippen molar-refractivity contribution in [1.82, 2.24) is 14.5 Å². The van der Waals surface area contributed by atoms with Gasteiger partial charge in [-0.05, 0) is 57.2 Å². The van der Waals surface area contributed by atoms with Crippen molar-refractivity contribution in [3.8, 4) is 0 Å². The van der Waals surface area contributed by atoms with Crippen LogP contribution in [0.1, 0.15) is 42.1 Å². The van der Waals surface area contributed by atoms with Crippen LogP contribution in [0.25, 0.3) is 0 Å². The van der Waals surface area contributed by atoms with Crippen LogP contribution in [0, 0.1) is 20.8 Å². The third-order valence-corrected chi connectivity index (χ3v) is 5.62. The molecule has 5 heteroatoms. The fourth-order valence-corrected chi connectivity index (χ4v) is 3.78. The fraction of sp³-hybridized carbons (Fsp3) is 0.500. The predicted molar refractivity (Wildman–Crippen MR) is 100 cm³/mol. The Morgan fingerprint density at radius 1 is 1.16 bits per heavy atom. The highest BCUT2D eigenvalue weighted by Crippen LogP contribution is 2.35. The zero-order valence-electron chi connectivity index (χ0n) is 15.5. The molecule has 4 rings (SSSR count). The van der Waals surface area contributed by atoms with Crippen molar-refractivity contribution >= 4 is 11.6 Å². The van der Waals surface area contributed by atoms with E-state index in [9.17, 15) is 4.79 Å². The molecule has 0 saturated heterocycles. The molecular formula is C20H26N4O. The van der Waals surface area contributed by atoms with E-state index in [-0.39, 0.29) is 5.56 Å². The molecule has 1 aliphatic carbocycles. The van der Waals surface area contributed by atoms with Gasteiger partial charge in [0.2, 0.25) is 5.95 Å². The molecule has 0 N–H and O–H groups in total. The summed E-state index contributed by atoms with van der Waals surface area (Å²) in [6.45, 7) is 9.72. The van der Waals surface area contributed by atoms with Crippen LogP contribution in [0.2, 0.25) is 0 Å². The summed E-state index contributed by atoms with van der Waals surface area (Å²) < 4.78 is 1.87. The highest BCUT2D eigenvalue weighted by atomic mass is 16.1. The molecule has 0 radical (unpaired) electrons. The first-order valence-corrected chi connectivity index (χ1v) is 9.19. The van der Waals surface area contributed by atoms with Gasteiger partial charge in [0.1, 0.15) is 0 Å². The fourth-order valence-electron chi connectivity index (χ4n) is 3.78. The summed E-state index contributed by atoms with van der Waals surface area (Å²) in [7, 11) is 0. The molecule has 1 aromatic carbocycles. The van der Waals surface area contributed by atoms with E-state index in [2.05, 4.69) is 41.8 Å². The number of nitrogens with zero attached hydrogens (tertiary/aromatic N) is 4. The van der Waals surface area contributed by atoms with Crippen LogP contribution in [-0.2, 0) is 13.1 Å². The van der Waals surface area contributed by atoms with Gasteiger partial charge in [0.05, 0.1) is 13.3 Å². The number of hydrogen-bond donors (Lipinski definition) is 0. The lowest BCUT2D eigenvalue weighted by molar-refractivity contribution is 0.188. The number of rotatable bonds is 3. The maximum atomic E-state index is 13.1. The van der Waals surface area contributed by atoms with E-state index in [1.165, 1.54) is 24.0 Å². The first-order valence-electron chi connectivity index (χ1n) is 9.19. The van der Waals surface area contributed by atoms with E-state index < -0.39 is 0 Å². The Morgan fingerprint density at radius 2 is 1.92 bits per heavy atom. The van der Waals surface area contributed by atoms with E-state index in [0.717, 1.165) is 36.0 Å². The summed E-state index contributed by atoms with van der Waals surface area (Å²) in [6, 6.07) is 6.95. The molecule has 2 aliphatic rings. The Balaban J connectivity index is 1.91. The lowest BCUT2D eigenvalue weighted by Gasteiger charge is -2.39. The Kier molecular flexibility index (Phi) is 3.91. The molecule has 1 aliphatic heterocycles. The van der Waals surface area contributed by atoms with Crippen LogP contribution in [0.15, 0.2) is 23.0 Å². The first-order chi connectivity index (χ1) is 12.0. The highest BCUT2D eigenvalue weighted by Gasteiger charge is 2.36. The molecule has 2 heterocycles. The lowest BCUT2D eigenvalue weighted by atomic mass is 10.1. The third-order valence-electron chi connectivity index (χ3n) is 5.62. The van der Waals surface area contributed by atoms with Crippen molar-refractivity contribution in [3.63, 3.8) is 0 Å². The minimum absolute atomic E-state index is 0.116. The quantitative estimate of drug-likeness (QED) is 0.861. The normalized spacial score (nSPS) is 17.7. The zero-order valence-corrected chi connectivity index (χ0v) is 15.5. The lowest BCUT2D eigenvalue weighted by Crippen LogP contribution is -2.49. The smallest absolute Gasteiger partial charge is 0.259 e. The minimum Gasteiger partial charge on any atom is -0.298 e. The molecule has 2 aromatic rings. The monoisotopic (exact) mass is 338 g/mol. The molecular weight excluding hydrogens is 312 g/mol. The van der Waals surface area contributed by atoms with E-state index >= 15 is 0 Å². The first kappa shape index (κ1) is 16.3. The van der Waals surface area contributed by atoms with Gasteiger partial charge in [-0.15, -0.1) is 0 Å². The summed E-state index contributed by atoms with van der Waals surface area (Å²) in [6.07, 6.45) is 3.18. The molecule has 25 heavy (non-hydrogen) atoms. The van der Waals surface area contributed by atoms with Gasteiger partial charge in [-0.1, -0.05) is 19.1 Å². The van der Waals surface area contributed by atoms with Gasteiger partial charge in [-0.2, -0.15) is 0 Å². The Bertz CT molecular complexity index is 882.